The number of hydrogen-bond donors (Lipinski definition) is 0. The fourth-order valence-electron chi connectivity index (χ4n) is 2.88. The van der Waals surface area contributed by atoms with Gasteiger partial charge in [-0.25, -0.2) is 4.98 Å². The summed E-state index contributed by atoms with van der Waals surface area (Å²) in [6.45, 7) is 7.98. The molecule has 2 heterocycles. The summed E-state index contributed by atoms with van der Waals surface area (Å²) in [6, 6.07) is 9.45. The van der Waals surface area contributed by atoms with Crippen molar-refractivity contribution < 1.29 is 14.3 Å². The van der Waals surface area contributed by atoms with E-state index in [4.69, 9.17) is 9.47 Å². The SMILES string of the molecule is Cc1cc(OCC2CN(C(=O)c3ccccc3I)CCO2)nc(C(C)C)n1. The molecule has 0 spiro atoms. The molecule has 0 N–H and O–H groups in total. The zero-order valence-corrected chi connectivity index (χ0v) is 18.0. The molecule has 1 fully saturated rings. The summed E-state index contributed by atoms with van der Waals surface area (Å²) < 4.78 is 12.6. The zero-order valence-electron chi connectivity index (χ0n) is 15.8. The van der Waals surface area contributed by atoms with Gasteiger partial charge in [-0.15, -0.1) is 0 Å². The van der Waals surface area contributed by atoms with Crippen molar-refractivity contribution in [1.29, 1.82) is 0 Å². The quantitative estimate of drug-likeness (QED) is 0.613. The Balaban J connectivity index is 1.62. The number of ether oxygens (including phenoxy) is 2. The van der Waals surface area contributed by atoms with Crippen LogP contribution in [0.2, 0.25) is 0 Å². The van der Waals surface area contributed by atoms with E-state index in [1.165, 1.54) is 0 Å². The molecule has 1 aromatic carbocycles. The molecular formula is C20H24IN3O3. The van der Waals surface area contributed by atoms with Crippen LogP contribution in [0.1, 0.15) is 41.6 Å². The Kier molecular flexibility index (Phi) is 6.64. The lowest BCUT2D eigenvalue weighted by atomic mass is 10.2. The van der Waals surface area contributed by atoms with E-state index < -0.39 is 0 Å². The number of morpholine rings is 1. The van der Waals surface area contributed by atoms with Crippen LogP contribution in [0.3, 0.4) is 0 Å². The van der Waals surface area contributed by atoms with Crippen LogP contribution in [0, 0.1) is 10.5 Å². The van der Waals surface area contributed by atoms with Gasteiger partial charge in [-0.05, 0) is 41.6 Å². The van der Waals surface area contributed by atoms with Gasteiger partial charge >= 0.3 is 0 Å². The summed E-state index contributed by atoms with van der Waals surface area (Å²) in [5.74, 6) is 1.59. The fraction of sp³-hybridized carbons (Fsp3) is 0.450. The number of carbonyl (C=O) groups excluding carboxylic acids is 1. The minimum atomic E-state index is -0.179. The zero-order chi connectivity index (χ0) is 19.4. The minimum Gasteiger partial charge on any atom is -0.475 e. The first-order valence-corrected chi connectivity index (χ1v) is 10.2. The smallest absolute Gasteiger partial charge is 0.255 e. The van der Waals surface area contributed by atoms with Crippen LogP contribution >= 0.6 is 22.6 Å². The molecule has 27 heavy (non-hydrogen) atoms. The van der Waals surface area contributed by atoms with Gasteiger partial charge in [-0.2, -0.15) is 4.98 Å². The van der Waals surface area contributed by atoms with Gasteiger partial charge in [0.25, 0.3) is 5.91 Å². The topological polar surface area (TPSA) is 64.5 Å². The highest BCUT2D eigenvalue weighted by atomic mass is 127. The lowest BCUT2D eigenvalue weighted by Gasteiger charge is -2.33. The first-order chi connectivity index (χ1) is 12.9. The minimum absolute atomic E-state index is 0.0354. The number of aromatic nitrogens is 2. The van der Waals surface area contributed by atoms with Crippen molar-refractivity contribution in [3.63, 3.8) is 0 Å². The molecule has 0 radical (unpaired) electrons. The fourth-order valence-corrected chi connectivity index (χ4v) is 3.50. The van der Waals surface area contributed by atoms with Crippen LogP contribution in [0.25, 0.3) is 0 Å². The van der Waals surface area contributed by atoms with Crippen molar-refractivity contribution in [3.05, 3.63) is 51.0 Å². The molecule has 1 atom stereocenters. The molecule has 144 valence electrons. The normalized spacial score (nSPS) is 17.2. The van der Waals surface area contributed by atoms with Crippen molar-refractivity contribution >= 4 is 28.5 Å². The monoisotopic (exact) mass is 481 g/mol. The first-order valence-electron chi connectivity index (χ1n) is 9.08. The maximum Gasteiger partial charge on any atom is 0.255 e. The van der Waals surface area contributed by atoms with E-state index in [9.17, 15) is 4.79 Å². The van der Waals surface area contributed by atoms with E-state index in [1.54, 1.807) is 0 Å². The number of amides is 1. The molecule has 2 aromatic rings. The number of aryl methyl sites for hydroxylation is 1. The van der Waals surface area contributed by atoms with Gasteiger partial charge in [-0.1, -0.05) is 26.0 Å². The second-order valence-corrected chi connectivity index (χ2v) is 8.06. The molecule has 1 aliphatic rings. The van der Waals surface area contributed by atoms with E-state index in [0.29, 0.717) is 32.2 Å². The summed E-state index contributed by atoms with van der Waals surface area (Å²) in [6.07, 6.45) is -0.179. The average Bonchev–Trinajstić information content (AvgIpc) is 2.66. The summed E-state index contributed by atoms with van der Waals surface area (Å²) in [5.41, 5.74) is 1.61. The number of carbonyl (C=O) groups is 1. The maximum absolute atomic E-state index is 12.8. The summed E-state index contributed by atoms with van der Waals surface area (Å²) in [5, 5.41) is 0. The van der Waals surface area contributed by atoms with Gasteiger partial charge in [0.2, 0.25) is 5.88 Å². The molecule has 6 nitrogen and oxygen atoms in total. The van der Waals surface area contributed by atoms with Crippen molar-refractivity contribution in [1.82, 2.24) is 14.9 Å². The second kappa shape index (κ2) is 8.97. The van der Waals surface area contributed by atoms with Gasteiger partial charge in [0.15, 0.2) is 0 Å². The highest BCUT2D eigenvalue weighted by molar-refractivity contribution is 14.1. The summed E-state index contributed by atoms with van der Waals surface area (Å²) in [7, 11) is 0. The second-order valence-electron chi connectivity index (χ2n) is 6.90. The van der Waals surface area contributed by atoms with Gasteiger partial charge in [0, 0.05) is 27.8 Å². The number of rotatable bonds is 5. The van der Waals surface area contributed by atoms with Crippen LogP contribution < -0.4 is 4.74 Å². The summed E-state index contributed by atoms with van der Waals surface area (Å²) in [4.78, 5) is 23.5. The van der Waals surface area contributed by atoms with E-state index in [-0.39, 0.29) is 17.9 Å². The first kappa shape index (κ1) is 20.0. The van der Waals surface area contributed by atoms with Crippen molar-refractivity contribution in [2.24, 2.45) is 0 Å². The Hall–Kier alpha value is -1.74. The van der Waals surface area contributed by atoms with Crippen molar-refractivity contribution in [2.75, 3.05) is 26.3 Å². The van der Waals surface area contributed by atoms with Crippen LogP contribution in [-0.4, -0.2) is 53.2 Å². The third-order valence-corrected chi connectivity index (χ3v) is 5.25. The van der Waals surface area contributed by atoms with E-state index >= 15 is 0 Å². The third kappa shape index (κ3) is 5.16. The van der Waals surface area contributed by atoms with E-state index in [2.05, 4.69) is 46.4 Å². The lowest BCUT2D eigenvalue weighted by Crippen LogP contribution is -2.47. The predicted molar refractivity (Wildman–Crippen MR) is 111 cm³/mol. The third-order valence-electron chi connectivity index (χ3n) is 4.31. The Morgan fingerprint density at radius 3 is 2.89 bits per heavy atom. The predicted octanol–water partition coefficient (Wildman–Crippen LogP) is 3.43. The van der Waals surface area contributed by atoms with Gasteiger partial charge in [0.1, 0.15) is 18.5 Å². The Labute approximate surface area is 173 Å². The Bertz CT molecular complexity index is 813. The lowest BCUT2D eigenvalue weighted by molar-refractivity contribution is -0.0408. The maximum atomic E-state index is 12.8. The molecule has 3 rings (SSSR count). The van der Waals surface area contributed by atoms with Crippen LogP contribution in [0.15, 0.2) is 30.3 Å². The van der Waals surface area contributed by atoms with Crippen molar-refractivity contribution in [3.8, 4) is 5.88 Å². The molecule has 0 saturated carbocycles. The highest BCUT2D eigenvalue weighted by Crippen LogP contribution is 2.18. The van der Waals surface area contributed by atoms with Crippen molar-refractivity contribution in [2.45, 2.75) is 32.8 Å². The van der Waals surface area contributed by atoms with E-state index in [0.717, 1.165) is 20.7 Å². The molecular weight excluding hydrogens is 457 g/mol. The van der Waals surface area contributed by atoms with Crippen LogP contribution in [0.5, 0.6) is 5.88 Å². The number of benzene rings is 1. The Morgan fingerprint density at radius 2 is 2.15 bits per heavy atom. The number of halogens is 1. The molecule has 0 aliphatic carbocycles. The average molecular weight is 481 g/mol. The van der Waals surface area contributed by atoms with E-state index in [1.807, 2.05) is 42.2 Å². The molecule has 1 aliphatic heterocycles. The number of hydrogen-bond acceptors (Lipinski definition) is 5. The van der Waals surface area contributed by atoms with Gasteiger partial charge in [0.05, 0.1) is 18.7 Å². The molecule has 1 aromatic heterocycles. The van der Waals surface area contributed by atoms with Gasteiger partial charge < -0.3 is 14.4 Å². The van der Waals surface area contributed by atoms with Crippen LogP contribution in [-0.2, 0) is 4.74 Å². The van der Waals surface area contributed by atoms with Crippen LogP contribution in [0.4, 0.5) is 0 Å². The molecule has 1 saturated heterocycles. The standard InChI is InChI=1S/C20H24IN3O3/c1-13(2)19-22-14(3)10-18(23-19)27-12-15-11-24(8-9-26-15)20(25)16-6-4-5-7-17(16)21/h4-7,10,13,15H,8-9,11-12H2,1-3H3. The molecule has 0 bridgehead atoms. The molecule has 7 heteroatoms. The largest absolute Gasteiger partial charge is 0.475 e. The highest BCUT2D eigenvalue weighted by Gasteiger charge is 2.26. The molecule has 1 unspecified atom stereocenters. The number of nitrogens with zero attached hydrogens (tertiary/aromatic N) is 3. The van der Waals surface area contributed by atoms with Gasteiger partial charge in [-0.3, -0.25) is 4.79 Å². The Morgan fingerprint density at radius 1 is 1.37 bits per heavy atom. The summed E-state index contributed by atoms with van der Waals surface area (Å²) >= 11 is 2.19. The molecule has 1 amide bonds.